The Morgan fingerprint density at radius 2 is 2.07 bits per heavy atom. The molecular weight excluding hydrogens is 296 g/mol. The van der Waals surface area contributed by atoms with E-state index in [0.717, 1.165) is 6.07 Å². The third-order valence-electron chi connectivity index (χ3n) is 1.81. The van der Waals surface area contributed by atoms with Crippen LogP contribution in [0.25, 0.3) is 0 Å². The fourth-order valence-electron chi connectivity index (χ4n) is 1.01. The minimum absolute atomic E-state index is 0.00831. The molecule has 0 saturated carbocycles. The summed E-state index contributed by atoms with van der Waals surface area (Å²) in [5.74, 6) is -0.663. The van der Waals surface area contributed by atoms with Crippen LogP contribution >= 0.6 is 27.5 Å². The average molecular weight is 304 g/mol. The van der Waals surface area contributed by atoms with Crippen molar-refractivity contribution in [2.24, 2.45) is 0 Å². The second-order valence-corrected chi connectivity index (χ2v) is 4.42. The maximum absolute atomic E-state index is 13.2. The first-order chi connectivity index (χ1) is 6.80. The molecule has 0 aliphatic carbocycles. The van der Waals surface area contributed by atoms with E-state index in [1.807, 2.05) is 0 Å². The van der Waals surface area contributed by atoms with E-state index in [1.54, 1.807) is 0 Å². The summed E-state index contributed by atoms with van der Waals surface area (Å²) in [6.45, 7) is 0. The van der Waals surface area contributed by atoms with Crippen LogP contribution in [0.15, 0.2) is 22.7 Å². The zero-order valence-corrected chi connectivity index (χ0v) is 9.70. The third-order valence-corrected chi connectivity index (χ3v) is 2.55. The van der Waals surface area contributed by atoms with Gasteiger partial charge >= 0.3 is 5.38 Å². The Hall–Kier alpha value is -0.260. The molecule has 1 aromatic rings. The summed E-state index contributed by atoms with van der Waals surface area (Å²) in [7, 11) is 0. The van der Waals surface area contributed by atoms with E-state index >= 15 is 0 Å². The number of hydrogen-bond donors (Lipinski definition) is 1. The minimum atomic E-state index is -3.75. The zero-order valence-electron chi connectivity index (χ0n) is 7.35. The van der Waals surface area contributed by atoms with Crippen molar-refractivity contribution < 1.29 is 18.3 Å². The normalized spacial score (nSPS) is 14.0. The summed E-state index contributed by atoms with van der Waals surface area (Å²) in [5.41, 5.74) is -0.00831. The molecule has 0 radical (unpaired) electrons. The van der Waals surface area contributed by atoms with E-state index in [4.69, 9.17) is 5.11 Å². The molecule has 84 valence electrons. The fraction of sp³-hybridized carbons (Fsp3) is 0.333. The molecule has 1 atom stereocenters. The Morgan fingerprint density at radius 1 is 1.47 bits per heavy atom. The molecule has 0 aliphatic rings. The molecule has 1 rings (SSSR count). The van der Waals surface area contributed by atoms with Crippen molar-refractivity contribution >= 4 is 27.5 Å². The van der Waals surface area contributed by atoms with Crippen molar-refractivity contribution in [1.29, 1.82) is 0 Å². The van der Waals surface area contributed by atoms with Crippen LogP contribution in [0.3, 0.4) is 0 Å². The molecule has 15 heavy (non-hydrogen) atoms. The number of rotatable bonds is 3. The smallest absolute Gasteiger partial charge is 0.347 e. The van der Waals surface area contributed by atoms with Crippen LogP contribution in [-0.2, 0) is 6.42 Å². The highest BCUT2D eigenvalue weighted by atomic mass is 79.9. The molecule has 1 aromatic carbocycles. The van der Waals surface area contributed by atoms with E-state index in [0.29, 0.717) is 4.47 Å². The third kappa shape index (κ3) is 3.66. The highest BCUT2D eigenvalue weighted by Crippen LogP contribution is 2.27. The topological polar surface area (TPSA) is 20.2 Å². The van der Waals surface area contributed by atoms with Gasteiger partial charge in [-0.15, -0.1) is 0 Å². The van der Waals surface area contributed by atoms with Gasteiger partial charge in [-0.2, -0.15) is 8.78 Å². The highest BCUT2D eigenvalue weighted by Gasteiger charge is 2.35. The van der Waals surface area contributed by atoms with E-state index in [-0.39, 0.29) is 5.56 Å². The molecule has 0 saturated heterocycles. The maximum Gasteiger partial charge on any atom is 0.347 e. The number of hydrogen-bond acceptors (Lipinski definition) is 1. The predicted octanol–water partition coefficient (Wildman–Crippen LogP) is 3.32. The van der Waals surface area contributed by atoms with Crippen LogP contribution in [0.4, 0.5) is 13.2 Å². The van der Waals surface area contributed by atoms with Crippen molar-refractivity contribution in [2.75, 3.05) is 0 Å². The molecule has 1 N–H and O–H groups in total. The van der Waals surface area contributed by atoms with Gasteiger partial charge in [0.15, 0.2) is 0 Å². The molecular formula is C9H7BrClF3O. The van der Waals surface area contributed by atoms with Gasteiger partial charge in [-0.1, -0.05) is 22.0 Å². The van der Waals surface area contributed by atoms with Gasteiger partial charge in [0, 0.05) is 10.9 Å². The van der Waals surface area contributed by atoms with Crippen molar-refractivity contribution in [1.82, 2.24) is 0 Å². The molecule has 1 nitrogen and oxygen atoms in total. The van der Waals surface area contributed by atoms with Crippen LogP contribution in [0.2, 0.25) is 0 Å². The van der Waals surface area contributed by atoms with Crippen LogP contribution < -0.4 is 0 Å². The Balaban J connectivity index is 2.82. The minimum Gasteiger partial charge on any atom is -0.385 e. The summed E-state index contributed by atoms with van der Waals surface area (Å²) in [4.78, 5) is 0. The lowest BCUT2D eigenvalue weighted by Gasteiger charge is -2.16. The summed E-state index contributed by atoms with van der Waals surface area (Å²) in [5, 5.41) is 5.22. The zero-order chi connectivity index (χ0) is 11.6. The van der Waals surface area contributed by atoms with Gasteiger partial charge in [-0.05, 0) is 29.3 Å². The van der Waals surface area contributed by atoms with Crippen molar-refractivity contribution in [3.8, 4) is 0 Å². The Labute approximate surface area is 98.0 Å². The van der Waals surface area contributed by atoms with Gasteiger partial charge in [0.1, 0.15) is 11.9 Å². The molecule has 0 aliphatic heterocycles. The number of halogens is 5. The van der Waals surface area contributed by atoms with Crippen LogP contribution in [0.1, 0.15) is 5.56 Å². The molecule has 1 unspecified atom stereocenters. The van der Waals surface area contributed by atoms with Gasteiger partial charge in [-0.25, -0.2) is 4.39 Å². The molecule has 0 heterocycles. The number of aliphatic hydroxyl groups is 1. The lowest BCUT2D eigenvalue weighted by Crippen LogP contribution is -2.29. The van der Waals surface area contributed by atoms with E-state index in [1.165, 1.54) is 12.1 Å². The summed E-state index contributed by atoms with van der Waals surface area (Å²) >= 11 is 7.63. The summed E-state index contributed by atoms with van der Waals surface area (Å²) < 4.78 is 38.5. The first-order valence-corrected chi connectivity index (χ1v) is 5.16. The lowest BCUT2D eigenvalue weighted by atomic mass is 10.1. The van der Waals surface area contributed by atoms with E-state index < -0.39 is 23.7 Å². The summed E-state index contributed by atoms with van der Waals surface area (Å²) in [6.07, 6.45) is -2.63. The Morgan fingerprint density at radius 3 is 2.53 bits per heavy atom. The molecule has 6 heteroatoms. The second-order valence-electron chi connectivity index (χ2n) is 3.00. The van der Waals surface area contributed by atoms with Crippen LogP contribution in [0, 0.1) is 5.82 Å². The van der Waals surface area contributed by atoms with Crippen LogP contribution in [-0.4, -0.2) is 16.6 Å². The van der Waals surface area contributed by atoms with Gasteiger partial charge in [-0.3, -0.25) is 0 Å². The number of aliphatic hydroxyl groups excluding tert-OH is 1. The Kier molecular flexibility index (Phi) is 4.03. The van der Waals surface area contributed by atoms with Gasteiger partial charge in [0.05, 0.1) is 0 Å². The predicted molar refractivity (Wildman–Crippen MR) is 54.6 cm³/mol. The molecule has 0 aromatic heterocycles. The second kappa shape index (κ2) is 4.72. The highest BCUT2D eigenvalue weighted by molar-refractivity contribution is 9.10. The molecule has 0 fully saturated rings. The monoisotopic (exact) mass is 302 g/mol. The fourth-order valence-corrected chi connectivity index (χ4v) is 1.42. The molecule has 0 amide bonds. The number of benzene rings is 1. The first-order valence-electron chi connectivity index (χ1n) is 3.99. The number of alkyl halides is 3. The average Bonchev–Trinajstić information content (AvgIpc) is 2.08. The molecule has 0 spiro atoms. The van der Waals surface area contributed by atoms with Crippen LogP contribution in [0.5, 0.6) is 0 Å². The van der Waals surface area contributed by atoms with Crippen molar-refractivity contribution in [3.63, 3.8) is 0 Å². The quantitative estimate of drug-likeness (QED) is 0.849. The maximum atomic E-state index is 13.2. The lowest BCUT2D eigenvalue weighted by molar-refractivity contribution is -0.0400. The largest absolute Gasteiger partial charge is 0.385 e. The van der Waals surface area contributed by atoms with E-state index in [9.17, 15) is 13.2 Å². The van der Waals surface area contributed by atoms with Gasteiger partial charge in [0.2, 0.25) is 0 Å². The van der Waals surface area contributed by atoms with Crippen molar-refractivity contribution in [2.45, 2.75) is 17.9 Å². The van der Waals surface area contributed by atoms with Gasteiger partial charge in [0.25, 0.3) is 0 Å². The first kappa shape index (κ1) is 12.8. The summed E-state index contributed by atoms with van der Waals surface area (Å²) in [6, 6.07) is 3.94. The standard InChI is InChI=1S/C9H7BrClF3O/c10-6-2-1-5(7(12)4-6)3-8(15)9(11,13)14/h1-2,4,8,15H,3H2. The molecule has 0 bridgehead atoms. The van der Waals surface area contributed by atoms with Gasteiger partial charge < -0.3 is 5.11 Å². The Bertz CT molecular complexity index is 354. The van der Waals surface area contributed by atoms with E-state index in [2.05, 4.69) is 27.5 Å². The SMILES string of the molecule is OC(Cc1ccc(Br)cc1F)C(F)(F)Cl. The van der Waals surface area contributed by atoms with Crippen molar-refractivity contribution in [3.05, 3.63) is 34.1 Å².